The molecule has 116 valence electrons. The van der Waals surface area contributed by atoms with Gasteiger partial charge in [-0.05, 0) is 7.05 Å². The van der Waals surface area contributed by atoms with E-state index in [4.69, 9.17) is 0 Å². The molecular formula is C12H20N6O2S. The van der Waals surface area contributed by atoms with Gasteiger partial charge in [-0.25, -0.2) is 18.4 Å². The van der Waals surface area contributed by atoms with Gasteiger partial charge >= 0.3 is 0 Å². The first-order valence-corrected chi connectivity index (χ1v) is 8.59. The number of fused-ring (bicyclic) bond motifs is 1. The highest BCUT2D eigenvalue weighted by molar-refractivity contribution is 7.90. The summed E-state index contributed by atoms with van der Waals surface area (Å²) in [4.78, 5) is 10.8. The van der Waals surface area contributed by atoms with Crippen molar-refractivity contribution in [3.63, 3.8) is 0 Å². The highest BCUT2D eigenvalue weighted by Crippen LogP contribution is 2.19. The number of rotatable bonds is 6. The molecule has 0 spiro atoms. The fraction of sp³-hybridized carbons (Fsp3) is 0.583. The minimum absolute atomic E-state index is 0.121. The topological polar surface area (TPSA) is 93.0 Å². The number of aryl methyl sites for hydroxylation is 1. The number of nitrogens with one attached hydrogen (secondary N) is 1. The number of hydrogen-bond donors (Lipinski definition) is 1. The van der Waals surface area contributed by atoms with Crippen LogP contribution in [0.4, 0.5) is 5.82 Å². The zero-order valence-electron chi connectivity index (χ0n) is 12.7. The SMILES string of the molecule is CNc1nc(CN(C)CCS(C)(=O)=O)nc2c1cnn2C. The smallest absolute Gasteiger partial charge is 0.163 e. The molecule has 0 saturated carbocycles. The normalized spacial score (nSPS) is 12.2. The second kappa shape index (κ2) is 5.94. The molecule has 8 nitrogen and oxygen atoms in total. The molecule has 0 fully saturated rings. The van der Waals surface area contributed by atoms with E-state index in [0.717, 1.165) is 16.9 Å². The van der Waals surface area contributed by atoms with E-state index in [0.29, 0.717) is 18.9 Å². The third-order valence-electron chi connectivity index (χ3n) is 3.13. The van der Waals surface area contributed by atoms with Crippen molar-refractivity contribution < 1.29 is 8.42 Å². The van der Waals surface area contributed by atoms with Crippen LogP contribution in [0.2, 0.25) is 0 Å². The van der Waals surface area contributed by atoms with Crippen LogP contribution in [0, 0.1) is 0 Å². The van der Waals surface area contributed by atoms with Crippen LogP contribution < -0.4 is 5.32 Å². The Balaban J connectivity index is 2.20. The molecule has 0 saturated heterocycles. The summed E-state index contributed by atoms with van der Waals surface area (Å²) in [6.45, 7) is 0.922. The Labute approximate surface area is 124 Å². The van der Waals surface area contributed by atoms with Crippen molar-refractivity contribution in [2.75, 3.05) is 38.0 Å². The van der Waals surface area contributed by atoms with Crippen molar-refractivity contribution >= 4 is 26.7 Å². The van der Waals surface area contributed by atoms with Gasteiger partial charge in [-0.3, -0.25) is 9.58 Å². The second-order valence-electron chi connectivity index (χ2n) is 5.11. The molecule has 0 amide bonds. The molecule has 0 radical (unpaired) electrons. The molecule has 2 aromatic rings. The summed E-state index contributed by atoms with van der Waals surface area (Å²) in [7, 11) is 2.51. The Morgan fingerprint density at radius 3 is 2.71 bits per heavy atom. The molecule has 0 aliphatic rings. The first kappa shape index (κ1) is 15.6. The third-order valence-corrected chi connectivity index (χ3v) is 4.05. The molecule has 1 N–H and O–H groups in total. The molecule has 0 bridgehead atoms. The van der Waals surface area contributed by atoms with Gasteiger partial charge in [-0.2, -0.15) is 5.10 Å². The maximum absolute atomic E-state index is 11.2. The Hall–Kier alpha value is -1.74. The number of sulfone groups is 1. The minimum atomic E-state index is -2.97. The van der Waals surface area contributed by atoms with E-state index in [1.54, 1.807) is 17.9 Å². The number of hydrogen-bond acceptors (Lipinski definition) is 7. The molecule has 0 unspecified atom stereocenters. The molecule has 2 aromatic heterocycles. The van der Waals surface area contributed by atoms with E-state index < -0.39 is 9.84 Å². The lowest BCUT2D eigenvalue weighted by Crippen LogP contribution is -2.26. The van der Waals surface area contributed by atoms with E-state index in [2.05, 4.69) is 20.4 Å². The Morgan fingerprint density at radius 1 is 1.38 bits per heavy atom. The van der Waals surface area contributed by atoms with Crippen LogP contribution in [0.5, 0.6) is 0 Å². The molecule has 0 aliphatic carbocycles. The van der Waals surface area contributed by atoms with Crippen molar-refractivity contribution in [3.05, 3.63) is 12.0 Å². The summed E-state index contributed by atoms with van der Waals surface area (Å²) < 4.78 is 24.1. The van der Waals surface area contributed by atoms with Crippen molar-refractivity contribution in [2.45, 2.75) is 6.54 Å². The highest BCUT2D eigenvalue weighted by Gasteiger charge is 2.13. The van der Waals surface area contributed by atoms with Gasteiger partial charge in [0.2, 0.25) is 0 Å². The van der Waals surface area contributed by atoms with Crippen molar-refractivity contribution in [3.8, 4) is 0 Å². The van der Waals surface area contributed by atoms with Crippen LogP contribution in [-0.2, 0) is 23.4 Å². The molecule has 2 heterocycles. The van der Waals surface area contributed by atoms with Crippen molar-refractivity contribution in [1.82, 2.24) is 24.6 Å². The van der Waals surface area contributed by atoms with Gasteiger partial charge in [-0.15, -0.1) is 0 Å². The van der Waals surface area contributed by atoms with Gasteiger partial charge in [0.25, 0.3) is 0 Å². The second-order valence-corrected chi connectivity index (χ2v) is 7.37. The average Bonchev–Trinajstić information content (AvgIpc) is 2.77. The van der Waals surface area contributed by atoms with Crippen LogP contribution in [0.15, 0.2) is 6.20 Å². The highest BCUT2D eigenvalue weighted by atomic mass is 32.2. The predicted molar refractivity (Wildman–Crippen MR) is 81.9 cm³/mol. The average molecular weight is 312 g/mol. The Bertz CT molecular complexity index is 740. The molecule has 0 aromatic carbocycles. The van der Waals surface area contributed by atoms with Crippen molar-refractivity contribution in [2.24, 2.45) is 7.05 Å². The molecular weight excluding hydrogens is 292 g/mol. The van der Waals surface area contributed by atoms with Gasteiger partial charge in [0.1, 0.15) is 21.5 Å². The quantitative estimate of drug-likeness (QED) is 0.795. The zero-order valence-corrected chi connectivity index (χ0v) is 13.5. The van der Waals surface area contributed by atoms with E-state index >= 15 is 0 Å². The monoisotopic (exact) mass is 312 g/mol. The summed E-state index contributed by atoms with van der Waals surface area (Å²) in [6.07, 6.45) is 2.95. The van der Waals surface area contributed by atoms with Crippen LogP contribution in [0.3, 0.4) is 0 Å². The Morgan fingerprint density at radius 2 is 2.10 bits per heavy atom. The van der Waals surface area contributed by atoms with Gasteiger partial charge in [-0.1, -0.05) is 0 Å². The maximum atomic E-state index is 11.2. The van der Waals surface area contributed by atoms with Crippen LogP contribution in [0.25, 0.3) is 11.0 Å². The molecule has 9 heteroatoms. The van der Waals surface area contributed by atoms with Crippen LogP contribution >= 0.6 is 0 Å². The first-order chi connectivity index (χ1) is 9.80. The van der Waals surface area contributed by atoms with E-state index in [9.17, 15) is 8.42 Å². The molecule has 0 atom stereocenters. The lowest BCUT2D eigenvalue weighted by molar-refractivity contribution is 0.337. The minimum Gasteiger partial charge on any atom is -0.372 e. The lowest BCUT2D eigenvalue weighted by atomic mass is 10.3. The van der Waals surface area contributed by atoms with Gasteiger partial charge in [0.15, 0.2) is 5.65 Å². The molecule has 2 rings (SSSR count). The molecule has 21 heavy (non-hydrogen) atoms. The van der Waals surface area contributed by atoms with E-state index in [1.807, 2.05) is 19.0 Å². The first-order valence-electron chi connectivity index (χ1n) is 6.53. The summed E-state index contributed by atoms with van der Waals surface area (Å²) in [5.74, 6) is 1.47. The van der Waals surface area contributed by atoms with Gasteiger partial charge in [0.05, 0.1) is 23.9 Å². The van der Waals surface area contributed by atoms with Crippen molar-refractivity contribution in [1.29, 1.82) is 0 Å². The van der Waals surface area contributed by atoms with E-state index in [-0.39, 0.29) is 5.75 Å². The summed E-state index contributed by atoms with van der Waals surface area (Å²) in [5, 5.41) is 8.07. The standard InChI is InChI=1S/C12H20N6O2S/c1-13-11-9-7-14-18(3)12(9)16-10(15-11)8-17(2)5-6-21(4,19)20/h7H,5-6,8H2,1-4H3,(H,13,15,16). The van der Waals surface area contributed by atoms with Gasteiger partial charge in [0, 0.05) is 26.9 Å². The third kappa shape index (κ3) is 3.88. The largest absolute Gasteiger partial charge is 0.372 e. The fourth-order valence-electron chi connectivity index (χ4n) is 1.97. The number of aromatic nitrogens is 4. The summed E-state index contributed by atoms with van der Waals surface area (Å²) in [5.41, 5.74) is 0.751. The van der Waals surface area contributed by atoms with Gasteiger partial charge < -0.3 is 5.32 Å². The lowest BCUT2D eigenvalue weighted by Gasteiger charge is -2.15. The molecule has 0 aliphatic heterocycles. The Kier molecular flexibility index (Phi) is 4.43. The van der Waals surface area contributed by atoms with Crippen LogP contribution in [0.1, 0.15) is 5.82 Å². The summed E-state index contributed by atoms with van der Waals surface area (Å²) in [6, 6.07) is 0. The zero-order chi connectivity index (χ0) is 15.6. The predicted octanol–water partition coefficient (Wildman–Crippen LogP) is -0.119. The van der Waals surface area contributed by atoms with E-state index in [1.165, 1.54) is 6.26 Å². The number of anilines is 1. The summed E-state index contributed by atoms with van der Waals surface area (Å²) >= 11 is 0. The maximum Gasteiger partial charge on any atom is 0.163 e. The fourth-order valence-corrected chi connectivity index (χ4v) is 2.61. The van der Waals surface area contributed by atoms with Crippen LogP contribution in [-0.4, -0.2) is 65.7 Å². The number of nitrogens with zero attached hydrogens (tertiary/aromatic N) is 5.